The Morgan fingerprint density at radius 2 is 2.04 bits per heavy atom. The van der Waals surface area contributed by atoms with Gasteiger partial charge in [0.15, 0.2) is 0 Å². The molecule has 3 rings (SSSR count). The minimum absolute atomic E-state index is 0.223. The molecule has 1 aromatic rings. The first-order valence-corrected chi connectivity index (χ1v) is 7.52. The van der Waals surface area contributed by atoms with Gasteiger partial charge in [-0.15, -0.1) is 0 Å². The van der Waals surface area contributed by atoms with E-state index in [1.807, 2.05) is 12.1 Å². The molecule has 6 nitrogen and oxygen atoms in total. The molecule has 1 spiro atoms. The van der Waals surface area contributed by atoms with Crippen molar-refractivity contribution in [3.63, 3.8) is 0 Å². The SMILES string of the molecule is N#CCN1C(=O)NC2(CCN(Cc3cccc(F)c3)CC2)C1=O. The summed E-state index contributed by atoms with van der Waals surface area (Å²) in [6, 6.07) is 7.80. The van der Waals surface area contributed by atoms with Gasteiger partial charge in [0.2, 0.25) is 0 Å². The number of hydrogen-bond donors (Lipinski definition) is 1. The smallest absolute Gasteiger partial charge is 0.323 e. The summed E-state index contributed by atoms with van der Waals surface area (Å²) >= 11 is 0. The number of likely N-dealkylation sites (tertiary alicyclic amines) is 1. The predicted octanol–water partition coefficient (Wildman–Crippen LogP) is 1.24. The number of imide groups is 1. The average Bonchev–Trinajstić information content (AvgIpc) is 2.75. The van der Waals surface area contributed by atoms with Gasteiger partial charge in [-0.2, -0.15) is 5.26 Å². The topological polar surface area (TPSA) is 76.4 Å². The monoisotopic (exact) mass is 316 g/mol. The molecule has 2 aliphatic rings. The van der Waals surface area contributed by atoms with Gasteiger partial charge in [0.25, 0.3) is 5.91 Å². The lowest BCUT2D eigenvalue weighted by atomic mass is 9.87. The molecule has 0 atom stereocenters. The van der Waals surface area contributed by atoms with Crippen molar-refractivity contribution in [2.45, 2.75) is 24.9 Å². The van der Waals surface area contributed by atoms with Crippen molar-refractivity contribution in [3.05, 3.63) is 35.6 Å². The zero-order valence-electron chi connectivity index (χ0n) is 12.6. The summed E-state index contributed by atoms with van der Waals surface area (Å²) in [6.07, 6.45) is 0.990. The van der Waals surface area contributed by atoms with Crippen LogP contribution in [0.5, 0.6) is 0 Å². The number of rotatable bonds is 3. The number of nitrogens with zero attached hydrogens (tertiary/aromatic N) is 3. The molecule has 2 fully saturated rings. The van der Waals surface area contributed by atoms with Crippen LogP contribution in [0.3, 0.4) is 0 Å². The molecule has 1 N–H and O–H groups in total. The van der Waals surface area contributed by atoms with E-state index >= 15 is 0 Å². The molecule has 0 radical (unpaired) electrons. The number of nitrogens with one attached hydrogen (secondary N) is 1. The molecule has 2 aliphatic heterocycles. The fourth-order valence-electron chi connectivity index (χ4n) is 3.22. The molecular weight excluding hydrogens is 299 g/mol. The number of carbonyl (C=O) groups excluding carboxylic acids is 2. The van der Waals surface area contributed by atoms with E-state index in [1.54, 1.807) is 6.07 Å². The number of hydrogen-bond acceptors (Lipinski definition) is 4. The molecule has 0 aliphatic carbocycles. The highest BCUT2D eigenvalue weighted by Crippen LogP contribution is 2.29. The molecule has 0 aromatic heterocycles. The van der Waals surface area contributed by atoms with Crippen LogP contribution in [-0.4, -0.2) is 46.9 Å². The molecule has 3 amide bonds. The van der Waals surface area contributed by atoms with Gasteiger partial charge in [0.05, 0.1) is 6.07 Å². The van der Waals surface area contributed by atoms with Gasteiger partial charge in [0.1, 0.15) is 17.9 Å². The standard InChI is InChI=1S/C16H17FN4O2/c17-13-3-1-2-12(10-13)11-20-7-4-16(5-8-20)14(22)21(9-6-18)15(23)19-16/h1-3,10H,4-5,7-9,11H2,(H,19,23). The van der Waals surface area contributed by atoms with Crippen molar-refractivity contribution in [1.82, 2.24) is 15.1 Å². The van der Waals surface area contributed by atoms with Crippen LogP contribution in [0.15, 0.2) is 24.3 Å². The summed E-state index contributed by atoms with van der Waals surface area (Å²) in [6.45, 7) is 1.64. The van der Waals surface area contributed by atoms with Gasteiger partial charge in [-0.05, 0) is 30.5 Å². The van der Waals surface area contributed by atoms with Crippen LogP contribution in [0, 0.1) is 17.1 Å². The molecule has 0 unspecified atom stereocenters. The second-order valence-electron chi connectivity index (χ2n) is 5.97. The maximum atomic E-state index is 13.2. The summed E-state index contributed by atoms with van der Waals surface area (Å²) in [4.78, 5) is 27.4. The van der Waals surface area contributed by atoms with Crippen molar-refractivity contribution in [2.24, 2.45) is 0 Å². The Hall–Kier alpha value is -2.46. The lowest BCUT2D eigenvalue weighted by molar-refractivity contribution is -0.132. The third-order valence-corrected chi connectivity index (χ3v) is 4.48. The number of nitriles is 1. The van der Waals surface area contributed by atoms with E-state index < -0.39 is 11.6 Å². The zero-order valence-corrected chi connectivity index (χ0v) is 12.6. The zero-order chi connectivity index (χ0) is 16.4. The molecule has 2 saturated heterocycles. The first-order chi connectivity index (χ1) is 11.0. The Bertz CT molecular complexity index is 677. The Kier molecular flexibility index (Phi) is 4.01. The lowest BCUT2D eigenvalue weighted by Crippen LogP contribution is -2.54. The second-order valence-corrected chi connectivity index (χ2v) is 5.97. The van der Waals surface area contributed by atoms with Crippen molar-refractivity contribution < 1.29 is 14.0 Å². The third-order valence-electron chi connectivity index (χ3n) is 4.48. The van der Waals surface area contributed by atoms with E-state index in [9.17, 15) is 14.0 Å². The van der Waals surface area contributed by atoms with Crippen LogP contribution in [0.2, 0.25) is 0 Å². The van der Waals surface area contributed by atoms with Crippen molar-refractivity contribution >= 4 is 11.9 Å². The molecule has 0 bridgehead atoms. The van der Waals surface area contributed by atoms with Gasteiger partial charge >= 0.3 is 6.03 Å². The second kappa shape index (κ2) is 5.97. The van der Waals surface area contributed by atoms with E-state index in [0.29, 0.717) is 32.5 Å². The number of carbonyl (C=O) groups is 2. The number of amides is 3. The number of benzene rings is 1. The average molecular weight is 316 g/mol. The van der Waals surface area contributed by atoms with Crippen LogP contribution in [0.4, 0.5) is 9.18 Å². The minimum atomic E-state index is -0.883. The number of piperidine rings is 1. The maximum absolute atomic E-state index is 13.2. The largest absolute Gasteiger partial charge is 0.325 e. The van der Waals surface area contributed by atoms with Gasteiger partial charge in [-0.1, -0.05) is 12.1 Å². The molecule has 7 heteroatoms. The summed E-state index contributed by atoms with van der Waals surface area (Å²) < 4.78 is 13.2. The first-order valence-electron chi connectivity index (χ1n) is 7.52. The molecule has 23 heavy (non-hydrogen) atoms. The predicted molar refractivity (Wildman–Crippen MR) is 79.5 cm³/mol. The highest BCUT2D eigenvalue weighted by molar-refractivity contribution is 6.07. The van der Waals surface area contributed by atoms with Crippen LogP contribution < -0.4 is 5.32 Å². The van der Waals surface area contributed by atoms with E-state index in [4.69, 9.17) is 5.26 Å². The normalized spacial score (nSPS) is 20.6. The quantitative estimate of drug-likeness (QED) is 0.672. The Morgan fingerprint density at radius 1 is 1.30 bits per heavy atom. The Morgan fingerprint density at radius 3 is 2.70 bits per heavy atom. The van der Waals surface area contributed by atoms with Crippen molar-refractivity contribution in [2.75, 3.05) is 19.6 Å². The van der Waals surface area contributed by atoms with Crippen molar-refractivity contribution in [1.29, 1.82) is 5.26 Å². The van der Waals surface area contributed by atoms with Crippen LogP contribution in [0.1, 0.15) is 18.4 Å². The third kappa shape index (κ3) is 2.90. The summed E-state index contributed by atoms with van der Waals surface area (Å²) in [5, 5.41) is 11.5. The highest BCUT2D eigenvalue weighted by atomic mass is 19.1. The first kappa shape index (κ1) is 15.4. The lowest BCUT2D eigenvalue weighted by Gasteiger charge is -2.37. The van der Waals surface area contributed by atoms with Crippen LogP contribution in [-0.2, 0) is 11.3 Å². The fraction of sp³-hybridized carbons (Fsp3) is 0.438. The van der Waals surface area contributed by atoms with E-state index in [1.165, 1.54) is 12.1 Å². The molecule has 2 heterocycles. The Labute approximate surface area is 133 Å². The van der Waals surface area contributed by atoms with Crippen LogP contribution in [0.25, 0.3) is 0 Å². The van der Waals surface area contributed by atoms with Gasteiger partial charge in [-0.25, -0.2) is 14.1 Å². The molecule has 120 valence electrons. The van der Waals surface area contributed by atoms with Crippen molar-refractivity contribution in [3.8, 4) is 6.07 Å². The van der Waals surface area contributed by atoms with E-state index in [-0.39, 0.29) is 18.3 Å². The Balaban J connectivity index is 1.63. The van der Waals surface area contributed by atoms with E-state index in [0.717, 1.165) is 10.5 Å². The summed E-state index contributed by atoms with van der Waals surface area (Å²) in [5.41, 5.74) is 0.000618. The molecule has 1 aromatic carbocycles. The van der Waals surface area contributed by atoms with E-state index in [2.05, 4.69) is 10.2 Å². The maximum Gasteiger partial charge on any atom is 0.325 e. The van der Waals surface area contributed by atoms with Gasteiger partial charge in [0, 0.05) is 19.6 Å². The number of halogens is 1. The minimum Gasteiger partial charge on any atom is -0.323 e. The summed E-state index contributed by atoms with van der Waals surface area (Å²) in [5.74, 6) is -0.573. The van der Waals surface area contributed by atoms with Gasteiger partial charge < -0.3 is 5.32 Å². The molecule has 0 saturated carbocycles. The molecular formula is C16H17FN4O2. The summed E-state index contributed by atoms with van der Waals surface area (Å²) in [7, 11) is 0. The van der Waals surface area contributed by atoms with Crippen LogP contribution >= 0.6 is 0 Å². The highest BCUT2D eigenvalue weighted by Gasteiger charge is 2.52. The number of urea groups is 1. The fourth-order valence-corrected chi connectivity index (χ4v) is 3.22. The van der Waals surface area contributed by atoms with Gasteiger partial charge in [-0.3, -0.25) is 9.69 Å².